The molecule has 24 heavy (non-hydrogen) atoms. The summed E-state index contributed by atoms with van der Waals surface area (Å²) in [5.74, 6) is 0.0406. The minimum Gasteiger partial charge on any atom is -0.454 e. The molecule has 1 N–H and O–H groups in total. The minimum absolute atomic E-state index is 0.148. The first-order chi connectivity index (χ1) is 11.7. The molecule has 7 heteroatoms. The molecule has 0 bridgehead atoms. The highest BCUT2D eigenvalue weighted by Crippen LogP contribution is 2.34. The van der Waals surface area contributed by atoms with Crippen LogP contribution < -0.4 is 14.8 Å². The Balaban J connectivity index is 1.53. The van der Waals surface area contributed by atoms with E-state index in [4.69, 9.17) is 19.5 Å². The third kappa shape index (κ3) is 3.44. The third-order valence-electron chi connectivity index (χ3n) is 3.24. The smallest absolute Gasteiger partial charge is 0.338 e. The zero-order valence-corrected chi connectivity index (χ0v) is 12.4. The summed E-state index contributed by atoms with van der Waals surface area (Å²) >= 11 is 0. The number of fused-ring (bicyclic) bond motifs is 1. The van der Waals surface area contributed by atoms with E-state index in [0.717, 1.165) is 0 Å². The molecule has 7 nitrogen and oxygen atoms in total. The van der Waals surface area contributed by atoms with E-state index >= 15 is 0 Å². The fourth-order valence-electron chi connectivity index (χ4n) is 2.07. The maximum absolute atomic E-state index is 11.8. The Morgan fingerprint density at radius 2 is 1.88 bits per heavy atom. The SMILES string of the molecule is N#Cc1ccc(C(=O)OCC(=O)Nc2ccc3c(c2)OCO3)cc1. The lowest BCUT2D eigenvalue weighted by Gasteiger charge is -2.07. The zero-order valence-electron chi connectivity index (χ0n) is 12.4. The molecule has 0 aromatic heterocycles. The lowest BCUT2D eigenvalue weighted by molar-refractivity contribution is -0.119. The van der Waals surface area contributed by atoms with E-state index in [1.54, 1.807) is 18.2 Å². The number of ether oxygens (including phenoxy) is 3. The number of carbonyl (C=O) groups excluding carboxylic acids is 2. The fourth-order valence-corrected chi connectivity index (χ4v) is 2.07. The summed E-state index contributed by atoms with van der Waals surface area (Å²) in [6.45, 7) is -0.276. The lowest BCUT2D eigenvalue weighted by Crippen LogP contribution is -2.20. The summed E-state index contributed by atoms with van der Waals surface area (Å²) in [7, 11) is 0. The molecule has 0 unspecified atom stereocenters. The number of benzene rings is 2. The summed E-state index contributed by atoms with van der Waals surface area (Å²) in [4.78, 5) is 23.7. The van der Waals surface area contributed by atoms with E-state index in [0.29, 0.717) is 22.7 Å². The molecule has 0 fully saturated rings. The quantitative estimate of drug-likeness (QED) is 0.865. The molecular formula is C17H12N2O5. The largest absolute Gasteiger partial charge is 0.454 e. The molecule has 2 aromatic rings. The highest BCUT2D eigenvalue weighted by atomic mass is 16.7. The highest BCUT2D eigenvalue weighted by molar-refractivity contribution is 5.95. The van der Waals surface area contributed by atoms with Crippen LogP contribution in [0.15, 0.2) is 42.5 Å². The number of esters is 1. The maximum Gasteiger partial charge on any atom is 0.338 e. The Labute approximate surface area is 137 Å². The van der Waals surface area contributed by atoms with Crippen molar-refractivity contribution in [2.45, 2.75) is 0 Å². The summed E-state index contributed by atoms with van der Waals surface area (Å²) in [5, 5.41) is 11.3. The van der Waals surface area contributed by atoms with Crippen LogP contribution in [-0.4, -0.2) is 25.3 Å². The number of nitrogens with one attached hydrogen (secondary N) is 1. The normalized spacial score (nSPS) is 11.5. The Morgan fingerprint density at radius 1 is 1.12 bits per heavy atom. The van der Waals surface area contributed by atoms with Crippen molar-refractivity contribution in [3.63, 3.8) is 0 Å². The van der Waals surface area contributed by atoms with E-state index in [2.05, 4.69) is 5.32 Å². The van der Waals surface area contributed by atoms with Crippen molar-refractivity contribution in [2.24, 2.45) is 0 Å². The topological polar surface area (TPSA) is 97.7 Å². The van der Waals surface area contributed by atoms with Crippen molar-refractivity contribution in [3.05, 3.63) is 53.6 Å². The van der Waals surface area contributed by atoms with Crippen LogP contribution in [0, 0.1) is 11.3 Å². The lowest BCUT2D eigenvalue weighted by atomic mass is 10.1. The predicted molar refractivity (Wildman–Crippen MR) is 82.6 cm³/mol. The number of hydrogen-bond donors (Lipinski definition) is 1. The van der Waals surface area contributed by atoms with Gasteiger partial charge in [-0.05, 0) is 36.4 Å². The van der Waals surface area contributed by atoms with Gasteiger partial charge in [-0.25, -0.2) is 4.79 Å². The fraction of sp³-hybridized carbons (Fsp3) is 0.118. The highest BCUT2D eigenvalue weighted by Gasteiger charge is 2.15. The number of nitrogens with zero attached hydrogens (tertiary/aromatic N) is 1. The van der Waals surface area contributed by atoms with Crippen molar-refractivity contribution >= 4 is 17.6 Å². The van der Waals surface area contributed by atoms with Gasteiger partial charge in [0, 0.05) is 11.8 Å². The molecule has 3 rings (SSSR count). The predicted octanol–water partition coefficient (Wildman–Crippen LogP) is 2.08. The Kier molecular flexibility index (Phi) is 4.29. The van der Waals surface area contributed by atoms with E-state index < -0.39 is 18.5 Å². The second kappa shape index (κ2) is 6.71. The minimum atomic E-state index is -0.639. The molecule has 0 aliphatic carbocycles. The van der Waals surface area contributed by atoms with Crippen molar-refractivity contribution in [1.82, 2.24) is 0 Å². The van der Waals surface area contributed by atoms with Crippen LogP contribution in [0.2, 0.25) is 0 Å². The second-order valence-electron chi connectivity index (χ2n) is 4.88. The molecule has 0 spiro atoms. The van der Waals surface area contributed by atoms with Crippen LogP contribution in [0.4, 0.5) is 5.69 Å². The van der Waals surface area contributed by atoms with Gasteiger partial charge in [0.15, 0.2) is 18.1 Å². The van der Waals surface area contributed by atoms with Crippen molar-refractivity contribution < 1.29 is 23.8 Å². The van der Waals surface area contributed by atoms with Crippen LogP contribution in [0.3, 0.4) is 0 Å². The van der Waals surface area contributed by atoms with E-state index in [1.165, 1.54) is 24.3 Å². The summed E-state index contributed by atoms with van der Waals surface area (Å²) in [6.07, 6.45) is 0. The van der Waals surface area contributed by atoms with Gasteiger partial charge in [0.25, 0.3) is 5.91 Å². The summed E-state index contributed by atoms with van der Waals surface area (Å²) in [5.41, 5.74) is 1.22. The van der Waals surface area contributed by atoms with Crippen LogP contribution in [0.1, 0.15) is 15.9 Å². The number of hydrogen-bond acceptors (Lipinski definition) is 6. The summed E-state index contributed by atoms with van der Waals surface area (Å²) < 4.78 is 15.3. The van der Waals surface area contributed by atoms with Crippen molar-refractivity contribution in [3.8, 4) is 17.6 Å². The van der Waals surface area contributed by atoms with Gasteiger partial charge in [0.05, 0.1) is 17.2 Å². The first-order valence-corrected chi connectivity index (χ1v) is 7.02. The second-order valence-corrected chi connectivity index (χ2v) is 4.88. The first-order valence-electron chi connectivity index (χ1n) is 7.02. The van der Waals surface area contributed by atoms with Crippen LogP contribution in [0.25, 0.3) is 0 Å². The van der Waals surface area contributed by atoms with E-state index in [9.17, 15) is 9.59 Å². The van der Waals surface area contributed by atoms with Gasteiger partial charge < -0.3 is 19.5 Å². The van der Waals surface area contributed by atoms with E-state index in [-0.39, 0.29) is 12.4 Å². The van der Waals surface area contributed by atoms with Gasteiger partial charge in [-0.2, -0.15) is 5.26 Å². The van der Waals surface area contributed by atoms with Crippen molar-refractivity contribution in [2.75, 3.05) is 18.7 Å². The Morgan fingerprint density at radius 3 is 2.62 bits per heavy atom. The van der Waals surface area contributed by atoms with Gasteiger partial charge in [-0.3, -0.25) is 4.79 Å². The summed E-state index contributed by atoms with van der Waals surface area (Å²) in [6, 6.07) is 12.9. The van der Waals surface area contributed by atoms with Gasteiger partial charge in [0.1, 0.15) is 0 Å². The van der Waals surface area contributed by atoms with Crippen LogP contribution >= 0.6 is 0 Å². The Hall–Kier alpha value is -3.53. The third-order valence-corrected chi connectivity index (χ3v) is 3.24. The van der Waals surface area contributed by atoms with Gasteiger partial charge in [0.2, 0.25) is 6.79 Å². The van der Waals surface area contributed by atoms with Crippen LogP contribution in [-0.2, 0) is 9.53 Å². The molecule has 0 radical (unpaired) electrons. The molecule has 2 aromatic carbocycles. The van der Waals surface area contributed by atoms with Gasteiger partial charge >= 0.3 is 5.97 Å². The zero-order chi connectivity index (χ0) is 16.9. The maximum atomic E-state index is 11.8. The number of amides is 1. The monoisotopic (exact) mass is 324 g/mol. The molecule has 0 saturated heterocycles. The molecule has 1 heterocycles. The number of nitriles is 1. The molecule has 1 amide bonds. The van der Waals surface area contributed by atoms with Crippen LogP contribution in [0.5, 0.6) is 11.5 Å². The molecule has 1 aliphatic heterocycles. The standard InChI is InChI=1S/C17H12N2O5/c18-8-11-1-3-12(4-2-11)17(21)22-9-16(20)19-13-5-6-14-15(7-13)24-10-23-14/h1-7H,9-10H2,(H,19,20). The molecule has 1 aliphatic rings. The number of anilines is 1. The van der Waals surface area contributed by atoms with Gasteiger partial charge in [-0.1, -0.05) is 0 Å². The average molecular weight is 324 g/mol. The number of carbonyl (C=O) groups is 2. The Bertz CT molecular complexity index is 824. The molecule has 0 atom stereocenters. The van der Waals surface area contributed by atoms with Crippen molar-refractivity contribution in [1.29, 1.82) is 5.26 Å². The molecule has 0 saturated carbocycles. The average Bonchev–Trinajstić information content (AvgIpc) is 3.07. The van der Waals surface area contributed by atoms with Gasteiger partial charge in [-0.15, -0.1) is 0 Å². The first kappa shape index (κ1) is 15.4. The molecule has 120 valence electrons. The van der Waals surface area contributed by atoms with E-state index in [1.807, 2.05) is 6.07 Å². The number of rotatable bonds is 4. The molecular weight excluding hydrogens is 312 g/mol.